The van der Waals surface area contributed by atoms with E-state index in [1.165, 1.54) is 5.56 Å². The number of unbranched alkanes of at least 4 members (excludes halogenated alkanes) is 1. The predicted molar refractivity (Wildman–Crippen MR) is 91.0 cm³/mol. The first-order valence-electron chi connectivity index (χ1n) is 8.04. The number of imidazole rings is 1. The molecular weight excluding hydrogens is 286 g/mol. The minimum Gasteiger partial charge on any atom is -0.349 e. The maximum Gasteiger partial charge on any atom is 0.220 e. The van der Waals surface area contributed by atoms with Gasteiger partial charge in [-0.15, -0.1) is 0 Å². The lowest BCUT2D eigenvalue weighted by molar-refractivity contribution is -0.121. The van der Waals surface area contributed by atoms with Crippen LogP contribution in [0.1, 0.15) is 30.7 Å². The van der Waals surface area contributed by atoms with Crippen LogP contribution in [0.4, 0.5) is 0 Å². The van der Waals surface area contributed by atoms with Gasteiger partial charge >= 0.3 is 0 Å². The standard InChI is InChI=1S/C19H21N3O/c23-19(12-5-4-10-16-8-2-1-3-9-16)21-15-18-20-14-17-11-6-7-13-22(17)18/h1-3,6-9,11,13-14H,4-5,10,12,15H2,(H,21,23). The molecule has 0 saturated heterocycles. The van der Waals surface area contributed by atoms with Crippen LogP contribution in [-0.4, -0.2) is 15.3 Å². The molecule has 0 aliphatic carbocycles. The number of carbonyl (C=O) groups excluding carboxylic acids is 1. The highest BCUT2D eigenvalue weighted by Gasteiger charge is 2.05. The molecule has 3 rings (SSSR count). The van der Waals surface area contributed by atoms with Crippen molar-refractivity contribution in [2.45, 2.75) is 32.2 Å². The van der Waals surface area contributed by atoms with E-state index in [0.29, 0.717) is 13.0 Å². The van der Waals surface area contributed by atoms with E-state index in [4.69, 9.17) is 0 Å². The van der Waals surface area contributed by atoms with Gasteiger partial charge in [0.05, 0.1) is 18.3 Å². The fourth-order valence-corrected chi connectivity index (χ4v) is 2.66. The van der Waals surface area contributed by atoms with Crippen LogP contribution in [0.2, 0.25) is 0 Å². The molecule has 4 heteroatoms. The molecule has 0 spiro atoms. The van der Waals surface area contributed by atoms with Crippen molar-refractivity contribution in [3.05, 3.63) is 72.3 Å². The lowest BCUT2D eigenvalue weighted by Gasteiger charge is -2.05. The van der Waals surface area contributed by atoms with E-state index in [0.717, 1.165) is 30.6 Å². The van der Waals surface area contributed by atoms with Crippen LogP contribution in [0, 0.1) is 0 Å². The molecule has 0 bridgehead atoms. The summed E-state index contributed by atoms with van der Waals surface area (Å²) in [6, 6.07) is 16.3. The van der Waals surface area contributed by atoms with Crippen LogP contribution in [0.3, 0.4) is 0 Å². The van der Waals surface area contributed by atoms with Gasteiger partial charge in [0.2, 0.25) is 5.91 Å². The van der Waals surface area contributed by atoms with E-state index in [1.54, 1.807) is 0 Å². The van der Waals surface area contributed by atoms with E-state index in [-0.39, 0.29) is 5.91 Å². The van der Waals surface area contributed by atoms with Crippen molar-refractivity contribution in [2.75, 3.05) is 0 Å². The Morgan fingerprint density at radius 2 is 1.87 bits per heavy atom. The second-order valence-electron chi connectivity index (χ2n) is 5.64. The van der Waals surface area contributed by atoms with Crippen LogP contribution in [0.5, 0.6) is 0 Å². The number of pyridine rings is 1. The summed E-state index contributed by atoms with van der Waals surface area (Å²) in [5.74, 6) is 0.948. The highest BCUT2D eigenvalue weighted by Crippen LogP contribution is 2.07. The summed E-state index contributed by atoms with van der Waals surface area (Å²) in [5.41, 5.74) is 2.37. The Morgan fingerprint density at radius 1 is 1.04 bits per heavy atom. The van der Waals surface area contributed by atoms with E-state index in [1.807, 2.05) is 41.1 Å². The van der Waals surface area contributed by atoms with Gasteiger partial charge in [-0.3, -0.25) is 4.79 Å². The van der Waals surface area contributed by atoms with Crippen LogP contribution in [-0.2, 0) is 17.8 Å². The van der Waals surface area contributed by atoms with Gasteiger partial charge in [0, 0.05) is 12.6 Å². The number of aromatic nitrogens is 2. The number of hydrogen-bond donors (Lipinski definition) is 1. The van der Waals surface area contributed by atoms with Crippen molar-refractivity contribution in [1.29, 1.82) is 0 Å². The summed E-state index contributed by atoms with van der Waals surface area (Å²) in [7, 11) is 0. The summed E-state index contributed by atoms with van der Waals surface area (Å²) in [4.78, 5) is 16.3. The van der Waals surface area contributed by atoms with Gasteiger partial charge in [0.25, 0.3) is 0 Å². The van der Waals surface area contributed by atoms with Gasteiger partial charge in [-0.05, 0) is 37.0 Å². The molecule has 0 atom stereocenters. The number of nitrogens with one attached hydrogen (secondary N) is 1. The third-order valence-electron chi connectivity index (χ3n) is 3.92. The lowest BCUT2D eigenvalue weighted by atomic mass is 10.1. The summed E-state index contributed by atoms with van der Waals surface area (Å²) < 4.78 is 2.00. The average Bonchev–Trinajstić information content (AvgIpc) is 3.01. The Kier molecular flexibility index (Phi) is 5.04. The second-order valence-corrected chi connectivity index (χ2v) is 5.64. The van der Waals surface area contributed by atoms with Gasteiger partial charge in [0.15, 0.2) is 0 Å². The molecule has 1 N–H and O–H groups in total. The molecule has 0 fully saturated rings. The first kappa shape index (κ1) is 15.3. The summed E-state index contributed by atoms with van der Waals surface area (Å²) >= 11 is 0. The minimum atomic E-state index is 0.0887. The summed E-state index contributed by atoms with van der Waals surface area (Å²) in [6.45, 7) is 0.468. The molecule has 0 radical (unpaired) electrons. The largest absolute Gasteiger partial charge is 0.349 e. The number of carbonyl (C=O) groups is 1. The molecule has 0 aliphatic rings. The summed E-state index contributed by atoms with van der Waals surface area (Å²) in [6.07, 6.45) is 7.31. The molecule has 2 heterocycles. The SMILES string of the molecule is O=C(CCCCc1ccccc1)NCc1ncc2ccccn12. The Morgan fingerprint density at radius 3 is 2.74 bits per heavy atom. The molecule has 1 amide bonds. The maximum absolute atomic E-state index is 11.9. The van der Waals surface area contributed by atoms with Gasteiger partial charge in [0.1, 0.15) is 5.82 Å². The average molecular weight is 307 g/mol. The van der Waals surface area contributed by atoms with E-state index < -0.39 is 0 Å². The number of nitrogens with zero attached hydrogens (tertiary/aromatic N) is 2. The molecule has 0 unspecified atom stereocenters. The molecule has 4 nitrogen and oxygen atoms in total. The van der Waals surface area contributed by atoms with Crippen molar-refractivity contribution < 1.29 is 4.79 Å². The van der Waals surface area contributed by atoms with E-state index in [9.17, 15) is 4.79 Å². The Bertz CT molecular complexity index is 764. The number of benzene rings is 1. The topological polar surface area (TPSA) is 46.4 Å². The van der Waals surface area contributed by atoms with E-state index >= 15 is 0 Å². The number of hydrogen-bond acceptors (Lipinski definition) is 2. The van der Waals surface area contributed by atoms with Crippen molar-refractivity contribution >= 4 is 11.4 Å². The Hall–Kier alpha value is -2.62. The third kappa shape index (κ3) is 4.19. The molecular formula is C19H21N3O. The van der Waals surface area contributed by atoms with Gasteiger partial charge < -0.3 is 9.72 Å². The fraction of sp³-hybridized carbons (Fsp3) is 0.263. The first-order valence-corrected chi connectivity index (χ1v) is 8.04. The maximum atomic E-state index is 11.9. The van der Waals surface area contributed by atoms with Gasteiger partial charge in [-0.2, -0.15) is 0 Å². The molecule has 1 aromatic carbocycles. The van der Waals surface area contributed by atoms with Crippen LogP contribution in [0.25, 0.3) is 5.52 Å². The molecule has 0 saturated carbocycles. The van der Waals surface area contributed by atoms with Crippen molar-refractivity contribution in [1.82, 2.24) is 14.7 Å². The minimum absolute atomic E-state index is 0.0887. The van der Waals surface area contributed by atoms with Crippen molar-refractivity contribution in [3.63, 3.8) is 0 Å². The fourth-order valence-electron chi connectivity index (χ4n) is 2.66. The van der Waals surface area contributed by atoms with Crippen LogP contribution >= 0.6 is 0 Å². The zero-order valence-corrected chi connectivity index (χ0v) is 13.1. The second kappa shape index (κ2) is 7.58. The van der Waals surface area contributed by atoms with Gasteiger partial charge in [-0.1, -0.05) is 36.4 Å². The third-order valence-corrected chi connectivity index (χ3v) is 3.92. The Balaban J connectivity index is 1.40. The molecule has 118 valence electrons. The molecule has 23 heavy (non-hydrogen) atoms. The Labute approximate surface area is 136 Å². The normalized spacial score (nSPS) is 10.8. The number of rotatable bonds is 7. The number of fused-ring (bicyclic) bond motifs is 1. The first-order chi connectivity index (χ1) is 11.3. The van der Waals surface area contributed by atoms with E-state index in [2.05, 4.69) is 34.6 Å². The van der Waals surface area contributed by atoms with Gasteiger partial charge in [-0.25, -0.2) is 4.98 Å². The number of aryl methyl sites for hydroxylation is 1. The van der Waals surface area contributed by atoms with Crippen molar-refractivity contribution in [3.8, 4) is 0 Å². The highest BCUT2D eigenvalue weighted by atomic mass is 16.1. The monoisotopic (exact) mass is 307 g/mol. The quantitative estimate of drug-likeness (QED) is 0.680. The smallest absolute Gasteiger partial charge is 0.220 e. The van der Waals surface area contributed by atoms with Crippen LogP contribution < -0.4 is 5.32 Å². The molecule has 2 aromatic heterocycles. The zero-order chi connectivity index (χ0) is 15.9. The van der Waals surface area contributed by atoms with Crippen molar-refractivity contribution in [2.24, 2.45) is 0 Å². The lowest BCUT2D eigenvalue weighted by Crippen LogP contribution is -2.23. The summed E-state index contributed by atoms with van der Waals surface area (Å²) in [5, 5.41) is 2.95. The molecule has 0 aliphatic heterocycles. The van der Waals surface area contributed by atoms with Crippen LogP contribution in [0.15, 0.2) is 60.9 Å². The zero-order valence-electron chi connectivity index (χ0n) is 13.1. The highest BCUT2D eigenvalue weighted by molar-refractivity contribution is 5.75. The molecule has 3 aromatic rings. The number of amides is 1. The predicted octanol–water partition coefficient (Wildman–Crippen LogP) is 3.36.